The Bertz CT molecular complexity index is 438. The van der Waals surface area contributed by atoms with E-state index in [0.717, 1.165) is 25.7 Å². The van der Waals surface area contributed by atoms with Crippen LogP contribution in [-0.4, -0.2) is 6.10 Å². The summed E-state index contributed by atoms with van der Waals surface area (Å²) in [4.78, 5) is 0. The molecule has 1 aromatic rings. The standard InChI is InChI=1S/C14H19ClFNO/c1-14(2)5-3-9(4-6-14)18-13-7-10(15)11(16)8-12(13)17/h7-9H,3-6,17H2,1-2H3. The van der Waals surface area contributed by atoms with E-state index in [4.69, 9.17) is 22.1 Å². The van der Waals surface area contributed by atoms with Crippen LogP contribution in [0.15, 0.2) is 12.1 Å². The topological polar surface area (TPSA) is 35.2 Å². The Morgan fingerprint density at radius 2 is 1.94 bits per heavy atom. The summed E-state index contributed by atoms with van der Waals surface area (Å²) in [6.07, 6.45) is 4.42. The molecule has 1 fully saturated rings. The van der Waals surface area contributed by atoms with Crippen molar-refractivity contribution in [2.24, 2.45) is 5.41 Å². The normalized spacial score (nSPS) is 19.8. The van der Waals surface area contributed by atoms with Crippen molar-refractivity contribution in [3.8, 4) is 5.75 Å². The van der Waals surface area contributed by atoms with Gasteiger partial charge in [0.05, 0.1) is 16.8 Å². The molecule has 0 unspecified atom stereocenters. The number of hydrogen-bond acceptors (Lipinski definition) is 2. The highest BCUT2D eigenvalue weighted by Gasteiger charge is 2.28. The number of rotatable bonds is 2. The molecule has 4 heteroatoms. The lowest BCUT2D eigenvalue weighted by molar-refractivity contribution is 0.0993. The number of hydrogen-bond donors (Lipinski definition) is 1. The minimum absolute atomic E-state index is 0.0512. The number of anilines is 1. The van der Waals surface area contributed by atoms with E-state index in [2.05, 4.69) is 13.8 Å². The second kappa shape index (κ2) is 4.96. The number of nitrogens with two attached hydrogens (primary N) is 1. The maximum atomic E-state index is 13.2. The molecule has 1 aromatic carbocycles. The second-order valence-corrected chi connectivity index (χ2v) is 6.19. The average Bonchev–Trinajstić information content (AvgIpc) is 2.28. The first-order valence-electron chi connectivity index (χ1n) is 6.28. The van der Waals surface area contributed by atoms with E-state index in [9.17, 15) is 4.39 Å². The Labute approximate surface area is 112 Å². The summed E-state index contributed by atoms with van der Waals surface area (Å²) in [7, 11) is 0. The van der Waals surface area contributed by atoms with Crippen LogP contribution in [0.25, 0.3) is 0 Å². The molecule has 0 atom stereocenters. The van der Waals surface area contributed by atoms with E-state index in [-0.39, 0.29) is 11.1 Å². The maximum absolute atomic E-state index is 13.2. The lowest BCUT2D eigenvalue weighted by Crippen LogP contribution is -2.28. The Morgan fingerprint density at radius 3 is 2.56 bits per heavy atom. The van der Waals surface area contributed by atoms with Crippen LogP contribution >= 0.6 is 11.6 Å². The van der Waals surface area contributed by atoms with Gasteiger partial charge in [-0.25, -0.2) is 4.39 Å². The van der Waals surface area contributed by atoms with Crippen molar-refractivity contribution in [3.05, 3.63) is 23.0 Å². The fourth-order valence-corrected chi connectivity index (χ4v) is 2.47. The molecular weight excluding hydrogens is 253 g/mol. The van der Waals surface area contributed by atoms with Gasteiger partial charge in [0, 0.05) is 12.1 Å². The molecule has 0 bridgehead atoms. The molecule has 1 saturated carbocycles. The molecule has 0 radical (unpaired) electrons. The highest BCUT2D eigenvalue weighted by molar-refractivity contribution is 6.31. The predicted molar refractivity (Wildman–Crippen MR) is 72.5 cm³/mol. The first-order chi connectivity index (χ1) is 8.37. The minimum atomic E-state index is -0.508. The summed E-state index contributed by atoms with van der Waals surface area (Å²) in [5, 5.41) is 0.0512. The molecule has 2 N–H and O–H groups in total. The van der Waals surface area contributed by atoms with Crippen molar-refractivity contribution in [3.63, 3.8) is 0 Å². The first-order valence-corrected chi connectivity index (χ1v) is 6.66. The third-order valence-electron chi connectivity index (χ3n) is 3.63. The molecule has 0 amide bonds. The molecule has 2 nitrogen and oxygen atoms in total. The Hall–Kier alpha value is -0.960. The summed E-state index contributed by atoms with van der Waals surface area (Å²) >= 11 is 5.74. The first kappa shape index (κ1) is 13.5. The van der Waals surface area contributed by atoms with Gasteiger partial charge in [0.25, 0.3) is 0 Å². The fraction of sp³-hybridized carbons (Fsp3) is 0.571. The second-order valence-electron chi connectivity index (χ2n) is 5.79. The molecule has 1 aliphatic rings. The lowest BCUT2D eigenvalue weighted by atomic mass is 9.76. The summed E-state index contributed by atoms with van der Waals surface area (Å²) in [6, 6.07) is 2.68. The highest BCUT2D eigenvalue weighted by atomic mass is 35.5. The van der Waals surface area contributed by atoms with Crippen LogP contribution in [0.5, 0.6) is 5.75 Å². The van der Waals surface area contributed by atoms with E-state index in [1.807, 2.05) is 0 Å². The number of ether oxygens (including phenoxy) is 1. The number of nitrogen functional groups attached to an aromatic ring is 1. The molecule has 0 aliphatic heterocycles. The molecule has 0 aromatic heterocycles. The quantitative estimate of drug-likeness (QED) is 0.809. The van der Waals surface area contributed by atoms with E-state index in [1.165, 1.54) is 12.1 Å². The van der Waals surface area contributed by atoms with Crippen molar-refractivity contribution in [2.75, 3.05) is 5.73 Å². The SMILES string of the molecule is CC1(C)CCC(Oc2cc(Cl)c(F)cc2N)CC1. The predicted octanol–water partition coefficient (Wildman–Crippen LogP) is 4.41. The van der Waals surface area contributed by atoms with Crippen LogP contribution in [-0.2, 0) is 0 Å². The number of benzene rings is 1. The Morgan fingerprint density at radius 1 is 1.33 bits per heavy atom. The molecule has 100 valence electrons. The van der Waals surface area contributed by atoms with E-state index in [0.29, 0.717) is 16.9 Å². The van der Waals surface area contributed by atoms with Gasteiger partial charge in [-0.15, -0.1) is 0 Å². The van der Waals surface area contributed by atoms with E-state index in [1.54, 1.807) is 0 Å². The van der Waals surface area contributed by atoms with Gasteiger partial charge < -0.3 is 10.5 Å². The van der Waals surface area contributed by atoms with Crippen molar-refractivity contribution < 1.29 is 9.13 Å². The van der Waals surface area contributed by atoms with Gasteiger partial charge in [-0.1, -0.05) is 25.4 Å². The largest absolute Gasteiger partial charge is 0.488 e. The molecule has 0 saturated heterocycles. The molecule has 2 rings (SSSR count). The van der Waals surface area contributed by atoms with Gasteiger partial charge in [-0.3, -0.25) is 0 Å². The van der Waals surface area contributed by atoms with Gasteiger partial charge in [0.15, 0.2) is 0 Å². The van der Waals surface area contributed by atoms with Gasteiger partial charge in [-0.2, -0.15) is 0 Å². The zero-order chi connectivity index (χ0) is 13.3. The summed E-state index contributed by atoms with van der Waals surface area (Å²) in [6.45, 7) is 4.54. The van der Waals surface area contributed by atoms with Crippen molar-refractivity contribution in [2.45, 2.75) is 45.6 Å². The average molecular weight is 272 g/mol. The van der Waals surface area contributed by atoms with Crippen molar-refractivity contribution in [1.82, 2.24) is 0 Å². The number of halogens is 2. The van der Waals surface area contributed by atoms with E-state index < -0.39 is 5.82 Å². The van der Waals surface area contributed by atoms with Gasteiger partial charge in [0.1, 0.15) is 11.6 Å². The van der Waals surface area contributed by atoms with Crippen LogP contribution < -0.4 is 10.5 Å². The molecule has 0 heterocycles. The summed E-state index contributed by atoms with van der Waals surface area (Å²) in [5.41, 5.74) is 6.44. The van der Waals surface area contributed by atoms with Crippen LogP contribution in [0.1, 0.15) is 39.5 Å². The smallest absolute Gasteiger partial charge is 0.144 e. The van der Waals surface area contributed by atoms with Crippen molar-refractivity contribution in [1.29, 1.82) is 0 Å². The highest BCUT2D eigenvalue weighted by Crippen LogP contribution is 2.38. The third-order valence-corrected chi connectivity index (χ3v) is 3.92. The van der Waals surface area contributed by atoms with Crippen LogP contribution in [0, 0.1) is 11.2 Å². The minimum Gasteiger partial charge on any atom is -0.488 e. The zero-order valence-electron chi connectivity index (χ0n) is 10.8. The Balaban J connectivity index is 2.04. The maximum Gasteiger partial charge on any atom is 0.144 e. The monoisotopic (exact) mass is 271 g/mol. The molecule has 0 spiro atoms. The molecule has 1 aliphatic carbocycles. The molecule has 18 heavy (non-hydrogen) atoms. The fourth-order valence-electron chi connectivity index (χ4n) is 2.32. The summed E-state index contributed by atoms with van der Waals surface area (Å²) < 4.78 is 19.0. The Kier molecular flexibility index (Phi) is 3.71. The van der Waals surface area contributed by atoms with Crippen LogP contribution in [0.3, 0.4) is 0 Å². The van der Waals surface area contributed by atoms with Gasteiger partial charge >= 0.3 is 0 Å². The zero-order valence-corrected chi connectivity index (χ0v) is 11.6. The van der Waals surface area contributed by atoms with Gasteiger partial charge in [0.2, 0.25) is 0 Å². The van der Waals surface area contributed by atoms with Gasteiger partial charge in [-0.05, 0) is 31.1 Å². The van der Waals surface area contributed by atoms with Crippen molar-refractivity contribution >= 4 is 17.3 Å². The van der Waals surface area contributed by atoms with Crippen LogP contribution in [0.4, 0.5) is 10.1 Å². The molecular formula is C14H19ClFNO. The third kappa shape index (κ3) is 3.08. The summed E-state index contributed by atoms with van der Waals surface area (Å²) in [5.74, 6) is -0.0163. The lowest BCUT2D eigenvalue weighted by Gasteiger charge is -2.34. The van der Waals surface area contributed by atoms with Crippen LogP contribution in [0.2, 0.25) is 5.02 Å². The van der Waals surface area contributed by atoms with E-state index >= 15 is 0 Å².